The van der Waals surface area contributed by atoms with E-state index in [0.29, 0.717) is 5.92 Å². The zero-order valence-electron chi connectivity index (χ0n) is 13.4. The van der Waals surface area contributed by atoms with Gasteiger partial charge >= 0.3 is 0 Å². The van der Waals surface area contributed by atoms with Crippen LogP contribution in [0, 0.1) is 0 Å². The van der Waals surface area contributed by atoms with Crippen molar-refractivity contribution in [1.82, 2.24) is 15.0 Å². The van der Waals surface area contributed by atoms with Gasteiger partial charge in [0.25, 0.3) is 0 Å². The van der Waals surface area contributed by atoms with Gasteiger partial charge in [0.2, 0.25) is 5.91 Å². The van der Waals surface area contributed by atoms with E-state index in [-0.39, 0.29) is 12.5 Å². The first-order chi connectivity index (χ1) is 11.2. The Balaban J connectivity index is 1.67. The maximum Gasteiger partial charge on any atom is 0.246 e. The zero-order chi connectivity index (χ0) is 16.2. The summed E-state index contributed by atoms with van der Waals surface area (Å²) in [5.74, 6) is 0.415. The average Bonchev–Trinajstić information content (AvgIpc) is 2.98. The summed E-state index contributed by atoms with van der Waals surface area (Å²) in [6.07, 6.45) is 1.10. The molecule has 1 amide bonds. The molecule has 0 aliphatic rings. The predicted octanol–water partition coefficient (Wildman–Crippen LogP) is 3.58. The predicted molar refractivity (Wildman–Crippen MR) is 91.3 cm³/mol. The Hall–Kier alpha value is -2.69. The summed E-state index contributed by atoms with van der Waals surface area (Å²) < 4.78 is 1.61. The molecule has 0 bridgehead atoms. The van der Waals surface area contributed by atoms with Crippen molar-refractivity contribution in [2.75, 3.05) is 5.32 Å². The highest BCUT2D eigenvalue weighted by Crippen LogP contribution is 2.20. The van der Waals surface area contributed by atoms with Gasteiger partial charge in [0, 0.05) is 5.69 Å². The summed E-state index contributed by atoms with van der Waals surface area (Å²) in [7, 11) is 0. The number of carbonyl (C=O) groups excluding carboxylic acids is 1. The third-order valence-electron chi connectivity index (χ3n) is 4.09. The maximum absolute atomic E-state index is 12.2. The lowest BCUT2D eigenvalue weighted by Crippen LogP contribution is -2.19. The van der Waals surface area contributed by atoms with Crippen molar-refractivity contribution in [1.29, 1.82) is 0 Å². The second-order valence-electron chi connectivity index (χ2n) is 5.72. The molecule has 1 N–H and O–H groups in total. The normalized spacial score (nSPS) is 12.3. The second-order valence-corrected chi connectivity index (χ2v) is 5.72. The number of hydrogen-bond donors (Lipinski definition) is 1. The van der Waals surface area contributed by atoms with Gasteiger partial charge in [-0.1, -0.05) is 43.3 Å². The van der Waals surface area contributed by atoms with Gasteiger partial charge in [-0.25, -0.2) is 4.68 Å². The largest absolute Gasteiger partial charge is 0.324 e. The highest BCUT2D eigenvalue weighted by molar-refractivity contribution is 5.91. The van der Waals surface area contributed by atoms with Crippen molar-refractivity contribution in [3.63, 3.8) is 0 Å². The summed E-state index contributed by atoms with van der Waals surface area (Å²) in [4.78, 5) is 12.2. The van der Waals surface area contributed by atoms with Gasteiger partial charge in [0.15, 0.2) is 0 Å². The quantitative estimate of drug-likeness (QED) is 0.783. The highest BCUT2D eigenvalue weighted by Gasteiger charge is 2.09. The molecule has 1 atom stereocenters. The molecule has 118 valence electrons. The molecular formula is C18H20N4O. The number of nitrogens with one attached hydrogen (secondary N) is 1. The van der Waals surface area contributed by atoms with Crippen molar-refractivity contribution in [2.24, 2.45) is 0 Å². The van der Waals surface area contributed by atoms with Crippen molar-refractivity contribution in [3.8, 4) is 0 Å². The van der Waals surface area contributed by atoms with E-state index in [2.05, 4.69) is 41.6 Å². The topological polar surface area (TPSA) is 59.8 Å². The molecule has 5 heteroatoms. The molecule has 0 fully saturated rings. The van der Waals surface area contributed by atoms with Gasteiger partial charge in [-0.2, -0.15) is 0 Å². The number of rotatable bonds is 5. The van der Waals surface area contributed by atoms with Gasteiger partial charge in [-0.05, 0) is 42.2 Å². The Labute approximate surface area is 135 Å². The van der Waals surface area contributed by atoms with Crippen LogP contribution >= 0.6 is 0 Å². The van der Waals surface area contributed by atoms with E-state index in [4.69, 9.17) is 0 Å². The van der Waals surface area contributed by atoms with Crippen LogP contribution in [0.15, 0.2) is 48.5 Å². The van der Waals surface area contributed by atoms with Gasteiger partial charge in [0.05, 0.1) is 5.52 Å². The van der Waals surface area contributed by atoms with E-state index in [1.807, 2.05) is 36.4 Å². The van der Waals surface area contributed by atoms with Gasteiger partial charge in [0.1, 0.15) is 12.1 Å². The van der Waals surface area contributed by atoms with Crippen LogP contribution in [0.3, 0.4) is 0 Å². The SMILES string of the molecule is CC[C@@H](C)c1ccc(NC(=O)Cn2nnc3ccccc32)cc1. The number of para-hydroxylation sites is 1. The lowest BCUT2D eigenvalue weighted by Gasteiger charge is -2.10. The molecule has 0 saturated heterocycles. The number of anilines is 1. The van der Waals surface area contributed by atoms with Crippen LogP contribution in [0.5, 0.6) is 0 Å². The van der Waals surface area contributed by atoms with E-state index in [1.165, 1.54) is 5.56 Å². The Bertz CT molecular complexity index is 807. The standard InChI is InChI=1S/C18H20N4O/c1-3-13(2)14-8-10-15(11-9-14)19-18(23)12-22-17-7-5-4-6-16(17)20-21-22/h4-11,13H,3,12H2,1-2H3,(H,19,23)/t13-/m1/s1. The third kappa shape index (κ3) is 3.39. The Morgan fingerprint density at radius 2 is 1.91 bits per heavy atom. The van der Waals surface area contributed by atoms with E-state index < -0.39 is 0 Å². The number of nitrogens with zero attached hydrogens (tertiary/aromatic N) is 3. The smallest absolute Gasteiger partial charge is 0.246 e. The molecule has 0 aliphatic carbocycles. The van der Waals surface area contributed by atoms with E-state index in [9.17, 15) is 4.79 Å². The van der Waals surface area contributed by atoms with Crippen LogP contribution in [0.4, 0.5) is 5.69 Å². The third-order valence-corrected chi connectivity index (χ3v) is 4.09. The number of amides is 1. The van der Waals surface area contributed by atoms with Crippen LogP contribution < -0.4 is 5.32 Å². The molecule has 0 unspecified atom stereocenters. The van der Waals surface area contributed by atoms with E-state index in [0.717, 1.165) is 23.1 Å². The number of carbonyl (C=O) groups is 1. The van der Waals surface area contributed by atoms with Gasteiger partial charge in [-0.15, -0.1) is 5.10 Å². The van der Waals surface area contributed by atoms with Crippen molar-refractivity contribution in [2.45, 2.75) is 32.7 Å². The first kappa shape index (κ1) is 15.2. The second kappa shape index (κ2) is 6.60. The minimum atomic E-state index is -0.114. The number of aromatic nitrogens is 3. The number of hydrogen-bond acceptors (Lipinski definition) is 3. The van der Waals surface area contributed by atoms with Crippen LogP contribution in [-0.4, -0.2) is 20.9 Å². The minimum absolute atomic E-state index is 0.114. The lowest BCUT2D eigenvalue weighted by molar-refractivity contribution is -0.116. The Kier molecular flexibility index (Phi) is 4.37. The summed E-state index contributed by atoms with van der Waals surface area (Å²) in [5, 5.41) is 11.0. The fraction of sp³-hybridized carbons (Fsp3) is 0.278. The molecule has 0 spiro atoms. The molecule has 3 rings (SSSR count). The van der Waals surface area contributed by atoms with Crippen LogP contribution in [0.25, 0.3) is 11.0 Å². The zero-order valence-corrected chi connectivity index (χ0v) is 13.4. The summed E-state index contributed by atoms with van der Waals surface area (Å²) in [6, 6.07) is 15.6. The summed E-state index contributed by atoms with van der Waals surface area (Å²) >= 11 is 0. The van der Waals surface area contributed by atoms with Crippen LogP contribution in [-0.2, 0) is 11.3 Å². The molecule has 3 aromatic rings. The van der Waals surface area contributed by atoms with Crippen molar-refractivity contribution in [3.05, 3.63) is 54.1 Å². The minimum Gasteiger partial charge on any atom is -0.324 e. The van der Waals surface area contributed by atoms with Crippen LogP contribution in [0.1, 0.15) is 31.7 Å². The maximum atomic E-state index is 12.2. The average molecular weight is 308 g/mol. The Morgan fingerprint density at radius 1 is 1.17 bits per heavy atom. The fourth-order valence-corrected chi connectivity index (χ4v) is 2.50. The van der Waals surface area contributed by atoms with Gasteiger partial charge in [-0.3, -0.25) is 4.79 Å². The van der Waals surface area contributed by atoms with Crippen LogP contribution in [0.2, 0.25) is 0 Å². The van der Waals surface area contributed by atoms with Crippen molar-refractivity contribution >= 4 is 22.6 Å². The first-order valence-electron chi connectivity index (χ1n) is 7.85. The van der Waals surface area contributed by atoms with Gasteiger partial charge < -0.3 is 5.32 Å². The molecule has 5 nitrogen and oxygen atoms in total. The first-order valence-corrected chi connectivity index (χ1v) is 7.85. The monoisotopic (exact) mass is 308 g/mol. The Morgan fingerprint density at radius 3 is 2.65 bits per heavy atom. The highest BCUT2D eigenvalue weighted by atomic mass is 16.2. The molecule has 1 heterocycles. The molecule has 2 aromatic carbocycles. The molecule has 0 radical (unpaired) electrons. The number of fused-ring (bicyclic) bond motifs is 1. The molecule has 1 aromatic heterocycles. The summed E-state index contributed by atoms with van der Waals surface area (Å²) in [5.41, 5.74) is 3.73. The van der Waals surface area contributed by atoms with Crippen molar-refractivity contribution < 1.29 is 4.79 Å². The van der Waals surface area contributed by atoms with E-state index in [1.54, 1.807) is 4.68 Å². The lowest BCUT2D eigenvalue weighted by atomic mass is 9.99. The molecular weight excluding hydrogens is 288 g/mol. The van der Waals surface area contributed by atoms with E-state index >= 15 is 0 Å². The molecule has 23 heavy (non-hydrogen) atoms. The molecule has 0 aliphatic heterocycles. The fourth-order valence-electron chi connectivity index (χ4n) is 2.50. The summed E-state index contributed by atoms with van der Waals surface area (Å²) in [6.45, 7) is 4.51. The number of benzene rings is 2. The molecule has 0 saturated carbocycles.